The van der Waals surface area contributed by atoms with Crippen molar-refractivity contribution in [2.45, 2.75) is 44.2 Å². The predicted octanol–water partition coefficient (Wildman–Crippen LogP) is 2.62. The Morgan fingerprint density at radius 1 is 1.40 bits per heavy atom. The van der Waals surface area contributed by atoms with Crippen LogP contribution in [0.15, 0.2) is 28.8 Å². The first-order valence-corrected chi connectivity index (χ1v) is 8.10. The first-order valence-electron chi connectivity index (χ1n) is 8.10. The summed E-state index contributed by atoms with van der Waals surface area (Å²) < 4.78 is 10.5. The highest BCUT2D eigenvalue weighted by molar-refractivity contribution is 5.86. The summed E-state index contributed by atoms with van der Waals surface area (Å²) in [4.78, 5) is 16.7. The molecule has 1 amide bonds. The molecule has 1 fully saturated rings. The van der Waals surface area contributed by atoms with Crippen LogP contribution in [0.4, 0.5) is 0 Å². The van der Waals surface area contributed by atoms with E-state index >= 15 is 0 Å². The number of ether oxygens (including phenoxy) is 1. The van der Waals surface area contributed by atoms with Crippen LogP contribution in [0.3, 0.4) is 0 Å². The lowest BCUT2D eigenvalue weighted by Gasteiger charge is -2.23. The Hall–Kier alpha value is -2.12. The summed E-state index contributed by atoms with van der Waals surface area (Å²) in [6.07, 6.45) is 3.40. The molecule has 0 aliphatic heterocycles. The second-order valence-electron chi connectivity index (χ2n) is 6.25. The molecule has 1 aliphatic rings. The van der Waals surface area contributed by atoms with Crippen molar-refractivity contribution >= 4 is 18.3 Å². The van der Waals surface area contributed by atoms with Crippen LogP contribution >= 0.6 is 12.4 Å². The molecule has 1 aliphatic carbocycles. The van der Waals surface area contributed by atoms with E-state index in [1.165, 1.54) is 0 Å². The molecular weight excluding hydrogens is 344 g/mol. The van der Waals surface area contributed by atoms with Gasteiger partial charge in [-0.2, -0.15) is 4.98 Å². The molecule has 1 unspecified atom stereocenters. The summed E-state index contributed by atoms with van der Waals surface area (Å²) in [5.74, 6) is 1.36. The van der Waals surface area contributed by atoms with Gasteiger partial charge < -0.3 is 20.3 Å². The van der Waals surface area contributed by atoms with Gasteiger partial charge in [0.15, 0.2) is 0 Å². The second kappa shape index (κ2) is 7.84. The summed E-state index contributed by atoms with van der Waals surface area (Å²) in [5.41, 5.74) is 6.18. The van der Waals surface area contributed by atoms with Crippen molar-refractivity contribution in [1.82, 2.24) is 15.5 Å². The quantitative estimate of drug-likeness (QED) is 0.843. The van der Waals surface area contributed by atoms with Crippen LogP contribution in [0.5, 0.6) is 5.75 Å². The molecule has 1 heterocycles. The standard InChI is InChI=1S/C17H22N4O3.ClH/c1-11(19-16(22)17(18)8-3-4-9-17)15-20-14(21-24-15)12-6-5-7-13(10-12)23-2;/h5-7,10-11H,3-4,8-9,18H2,1-2H3,(H,19,22);1H. The highest BCUT2D eigenvalue weighted by atomic mass is 35.5. The van der Waals surface area contributed by atoms with Gasteiger partial charge in [0.25, 0.3) is 0 Å². The van der Waals surface area contributed by atoms with Crippen molar-refractivity contribution in [3.05, 3.63) is 30.2 Å². The fraction of sp³-hybridized carbons (Fsp3) is 0.471. The molecule has 2 aromatic rings. The van der Waals surface area contributed by atoms with E-state index in [1.54, 1.807) is 14.0 Å². The monoisotopic (exact) mass is 366 g/mol. The molecule has 7 nitrogen and oxygen atoms in total. The van der Waals surface area contributed by atoms with E-state index in [4.69, 9.17) is 15.0 Å². The van der Waals surface area contributed by atoms with Crippen molar-refractivity contribution in [3.8, 4) is 17.1 Å². The maximum atomic E-state index is 12.4. The summed E-state index contributed by atoms with van der Waals surface area (Å²) in [5, 5.41) is 6.86. The molecule has 0 spiro atoms. The van der Waals surface area contributed by atoms with Crippen LogP contribution in [-0.4, -0.2) is 28.7 Å². The minimum absolute atomic E-state index is 0. The molecule has 0 radical (unpaired) electrons. The number of carbonyl (C=O) groups excluding carboxylic acids is 1. The SMILES string of the molecule is COc1cccc(-c2noc(C(C)NC(=O)C3(N)CCCC3)n2)c1.Cl. The molecule has 1 saturated carbocycles. The molecule has 0 bridgehead atoms. The van der Waals surface area contributed by atoms with E-state index in [9.17, 15) is 4.79 Å². The number of hydrogen-bond donors (Lipinski definition) is 2. The van der Waals surface area contributed by atoms with E-state index < -0.39 is 11.6 Å². The fourth-order valence-corrected chi connectivity index (χ4v) is 2.93. The maximum absolute atomic E-state index is 12.4. The highest BCUT2D eigenvalue weighted by Gasteiger charge is 2.38. The lowest BCUT2D eigenvalue weighted by molar-refractivity contribution is -0.127. The Balaban J connectivity index is 0.00000225. The number of benzene rings is 1. The van der Waals surface area contributed by atoms with Crippen molar-refractivity contribution in [2.24, 2.45) is 5.73 Å². The van der Waals surface area contributed by atoms with Crippen LogP contribution in [-0.2, 0) is 4.79 Å². The molecule has 3 rings (SSSR count). The van der Waals surface area contributed by atoms with E-state index in [1.807, 2.05) is 24.3 Å². The maximum Gasteiger partial charge on any atom is 0.249 e. The molecule has 0 saturated heterocycles. The van der Waals surface area contributed by atoms with Gasteiger partial charge in [-0.15, -0.1) is 12.4 Å². The van der Waals surface area contributed by atoms with Gasteiger partial charge in [-0.3, -0.25) is 4.79 Å². The third-order valence-electron chi connectivity index (χ3n) is 4.44. The average molecular weight is 367 g/mol. The van der Waals surface area contributed by atoms with Gasteiger partial charge in [0.05, 0.1) is 12.6 Å². The average Bonchev–Trinajstić information content (AvgIpc) is 3.25. The van der Waals surface area contributed by atoms with Gasteiger partial charge in [0, 0.05) is 5.56 Å². The minimum Gasteiger partial charge on any atom is -0.497 e. The number of amides is 1. The molecule has 1 aromatic heterocycles. The Bertz CT molecular complexity index is 728. The van der Waals surface area contributed by atoms with Crippen LogP contribution in [0, 0.1) is 0 Å². The van der Waals surface area contributed by atoms with Crippen molar-refractivity contribution in [1.29, 1.82) is 0 Å². The normalized spacial score (nSPS) is 16.8. The Labute approximate surface area is 152 Å². The van der Waals surface area contributed by atoms with Gasteiger partial charge >= 0.3 is 0 Å². The first-order chi connectivity index (χ1) is 11.5. The third-order valence-corrected chi connectivity index (χ3v) is 4.44. The van der Waals surface area contributed by atoms with Gasteiger partial charge in [-0.05, 0) is 31.9 Å². The number of rotatable bonds is 5. The Morgan fingerprint density at radius 3 is 2.80 bits per heavy atom. The summed E-state index contributed by atoms with van der Waals surface area (Å²) >= 11 is 0. The zero-order chi connectivity index (χ0) is 17.2. The molecule has 3 N–H and O–H groups in total. The summed E-state index contributed by atoms with van der Waals surface area (Å²) in [7, 11) is 1.60. The van der Waals surface area contributed by atoms with Crippen LogP contribution < -0.4 is 15.8 Å². The Kier molecular flexibility index (Phi) is 6.02. The Morgan fingerprint density at radius 2 is 2.12 bits per heavy atom. The second-order valence-corrected chi connectivity index (χ2v) is 6.25. The topological polar surface area (TPSA) is 103 Å². The van der Waals surface area contributed by atoms with Crippen LogP contribution in [0.2, 0.25) is 0 Å². The first kappa shape index (κ1) is 19.2. The zero-order valence-corrected chi connectivity index (χ0v) is 15.1. The van der Waals surface area contributed by atoms with E-state index in [-0.39, 0.29) is 18.3 Å². The largest absolute Gasteiger partial charge is 0.497 e. The fourth-order valence-electron chi connectivity index (χ4n) is 2.93. The number of carbonyl (C=O) groups is 1. The molecule has 25 heavy (non-hydrogen) atoms. The van der Waals surface area contributed by atoms with Gasteiger partial charge in [0.1, 0.15) is 11.8 Å². The number of halogens is 1. The zero-order valence-electron chi connectivity index (χ0n) is 14.3. The number of nitrogens with two attached hydrogens (primary N) is 1. The number of aromatic nitrogens is 2. The van der Waals surface area contributed by atoms with E-state index in [0.29, 0.717) is 30.3 Å². The molecule has 1 aromatic carbocycles. The molecule has 1 atom stereocenters. The molecule has 8 heteroatoms. The van der Waals surface area contributed by atoms with Crippen LogP contribution in [0.1, 0.15) is 44.5 Å². The molecular formula is C17H23ClN4O3. The number of hydrogen-bond acceptors (Lipinski definition) is 6. The van der Waals surface area contributed by atoms with Gasteiger partial charge in [0.2, 0.25) is 17.6 Å². The minimum atomic E-state index is -0.774. The highest BCUT2D eigenvalue weighted by Crippen LogP contribution is 2.28. The number of nitrogens with one attached hydrogen (secondary N) is 1. The predicted molar refractivity (Wildman–Crippen MR) is 95.5 cm³/mol. The van der Waals surface area contributed by atoms with Gasteiger partial charge in [-0.1, -0.05) is 30.1 Å². The number of methoxy groups -OCH3 is 1. The summed E-state index contributed by atoms with van der Waals surface area (Å²) in [6.45, 7) is 1.80. The van der Waals surface area contributed by atoms with Gasteiger partial charge in [-0.25, -0.2) is 0 Å². The van der Waals surface area contributed by atoms with E-state index in [0.717, 1.165) is 18.4 Å². The lowest BCUT2D eigenvalue weighted by Crippen LogP contribution is -2.52. The lowest BCUT2D eigenvalue weighted by atomic mass is 9.98. The molecule has 136 valence electrons. The van der Waals surface area contributed by atoms with Crippen molar-refractivity contribution in [2.75, 3.05) is 7.11 Å². The third kappa shape index (κ3) is 4.11. The van der Waals surface area contributed by atoms with Crippen LogP contribution in [0.25, 0.3) is 11.4 Å². The van der Waals surface area contributed by atoms with E-state index in [2.05, 4.69) is 15.5 Å². The number of nitrogens with zero attached hydrogens (tertiary/aromatic N) is 2. The van der Waals surface area contributed by atoms with Crippen molar-refractivity contribution in [3.63, 3.8) is 0 Å². The smallest absolute Gasteiger partial charge is 0.249 e. The van der Waals surface area contributed by atoms with Crippen molar-refractivity contribution < 1.29 is 14.1 Å². The summed E-state index contributed by atoms with van der Waals surface area (Å²) in [6, 6.07) is 6.99.